The molecule has 4 aromatic rings. The Balaban J connectivity index is 1.47. The molecule has 0 aliphatic carbocycles. The lowest BCUT2D eigenvalue weighted by Crippen LogP contribution is -2.35. The van der Waals surface area contributed by atoms with E-state index >= 15 is 0 Å². The second-order valence-electron chi connectivity index (χ2n) is 7.94. The Morgan fingerprint density at radius 2 is 2.12 bits per heavy atom. The number of nitrogens with zero attached hydrogens (tertiary/aromatic N) is 6. The summed E-state index contributed by atoms with van der Waals surface area (Å²) in [5.41, 5.74) is 5.00. The van der Waals surface area contributed by atoms with Gasteiger partial charge in [-0.15, -0.1) is 0 Å². The van der Waals surface area contributed by atoms with Crippen molar-refractivity contribution >= 4 is 28.2 Å². The normalized spacial score (nSPS) is 15.5. The topological polar surface area (TPSA) is 76.2 Å². The molecule has 7 nitrogen and oxygen atoms in total. The minimum atomic E-state index is 0.288. The highest BCUT2D eigenvalue weighted by atomic mass is 15.3. The lowest BCUT2D eigenvalue weighted by Gasteiger charge is -2.29. The number of H-pyrrole nitrogens is 1. The summed E-state index contributed by atoms with van der Waals surface area (Å²) in [6.07, 6.45) is 4.49. The van der Waals surface area contributed by atoms with Crippen LogP contribution in [0, 0.1) is 17.9 Å². The van der Waals surface area contributed by atoms with Crippen molar-refractivity contribution in [1.29, 1.82) is 5.26 Å². The smallest absolute Gasteiger partial charge is 0.188 e. The Morgan fingerprint density at radius 1 is 1.22 bits per heavy atom. The first-order valence-electron chi connectivity index (χ1n) is 10.5. The minimum Gasteiger partial charge on any atom is -0.369 e. The highest BCUT2D eigenvalue weighted by Gasteiger charge is 2.29. The molecular formula is C25H21N7. The Bertz CT molecular complexity index is 1380. The number of aromatic nitrogens is 3. The Morgan fingerprint density at radius 3 is 2.97 bits per heavy atom. The van der Waals surface area contributed by atoms with Crippen LogP contribution in [-0.2, 0) is 0 Å². The van der Waals surface area contributed by atoms with Crippen LogP contribution in [0.15, 0.2) is 61.1 Å². The second kappa shape index (κ2) is 8.05. The van der Waals surface area contributed by atoms with Crippen molar-refractivity contribution in [2.75, 3.05) is 29.9 Å². The molecule has 1 atom stereocenters. The molecule has 3 heterocycles. The van der Waals surface area contributed by atoms with Crippen LogP contribution in [0.5, 0.6) is 0 Å². The van der Waals surface area contributed by atoms with Gasteiger partial charge >= 0.3 is 0 Å². The Hall–Kier alpha value is -4.36. The summed E-state index contributed by atoms with van der Waals surface area (Å²) < 4.78 is 0. The van der Waals surface area contributed by atoms with E-state index in [-0.39, 0.29) is 6.04 Å². The van der Waals surface area contributed by atoms with Crippen molar-refractivity contribution in [3.8, 4) is 17.2 Å². The monoisotopic (exact) mass is 419 g/mol. The summed E-state index contributed by atoms with van der Waals surface area (Å²) in [4.78, 5) is 20.2. The van der Waals surface area contributed by atoms with Gasteiger partial charge in [-0.25, -0.2) is 14.8 Å². The molecule has 32 heavy (non-hydrogen) atoms. The molecule has 1 fully saturated rings. The number of hydrogen-bond acceptors (Lipinski definition) is 5. The first kappa shape index (κ1) is 19.6. The van der Waals surface area contributed by atoms with Gasteiger partial charge in [0.2, 0.25) is 0 Å². The highest BCUT2D eigenvalue weighted by Crippen LogP contribution is 2.37. The molecule has 0 spiro atoms. The van der Waals surface area contributed by atoms with Crippen molar-refractivity contribution in [3.63, 3.8) is 0 Å². The molecule has 0 saturated carbocycles. The number of nitriles is 1. The van der Waals surface area contributed by atoms with E-state index in [4.69, 9.17) is 6.57 Å². The fraction of sp³-hybridized carbons (Fsp3) is 0.200. The number of benzene rings is 2. The third-order valence-electron chi connectivity index (χ3n) is 6.14. The molecule has 1 saturated heterocycles. The molecule has 1 aliphatic rings. The quantitative estimate of drug-likeness (QED) is 0.483. The van der Waals surface area contributed by atoms with Crippen LogP contribution in [0.4, 0.5) is 17.2 Å². The maximum Gasteiger partial charge on any atom is 0.188 e. The average molecular weight is 419 g/mol. The van der Waals surface area contributed by atoms with Crippen LogP contribution in [0.3, 0.4) is 0 Å². The van der Waals surface area contributed by atoms with E-state index in [1.54, 1.807) is 12.4 Å². The van der Waals surface area contributed by atoms with Crippen molar-refractivity contribution in [1.82, 2.24) is 15.0 Å². The number of aromatic amines is 1. The van der Waals surface area contributed by atoms with E-state index in [1.807, 2.05) is 48.7 Å². The maximum atomic E-state index is 9.33. The molecule has 0 amide bonds. The summed E-state index contributed by atoms with van der Waals surface area (Å²) in [5.74, 6) is 0.956. The van der Waals surface area contributed by atoms with E-state index < -0.39 is 0 Å². The van der Waals surface area contributed by atoms with Gasteiger partial charge in [-0.3, -0.25) is 0 Å². The fourth-order valence-electron chi connectivity index (χ4n) is 4.45. The van der Waals surface area contributed by atoms with Crippen molar-refractivity contribution in [2.45, 2.75) is 12.5 Å². The molecule has 1 N–H and O–H groups in total. The SMILES string of the molecule is [C-]#[N+]c1ccc(N(C)[C@@H]2CCN(c3ncnc4[nH]ccc34)C2)c(-c2cccc(C#N)c2)c1. The third kappa shape index (κ3) is 3.40. The van der Waals surface area contributed by atoms with Gasteiger partial charge in [-0.05, 0) is 47.9 Å². The van der Waals surface area contributed by atoms with Crippen LogP contribution in [-0.4, -0.2) is 41.1 Å². The van der Waals surface area contributed by atoms with Crippen LogP contribution >= 0.6 is 0 Å². The van der Waals surface area contributed by atoms with Crippen LogP contribution < -0.4 is 9.80 Å². The molecule has 5 rings (SSSR count). The number of nitrogens with one attached hydrogen (secondary N) is 1. The van der Waals surface area contributed by atoms with Gasteiger partial charge in [0.05, 0.1) is 23.6 Å². The lowest BCUT2D eigenvalue weighted by atomic mass is 9.99. The second-order valence-corrected chi connectivity index (χ2v) is 7.94. The molecule has 156 valence electrons. The van der Waals surface area contributed by atoms with Crippen molar-refractivity contribution in [3.05, 3.63) is 78.0 Å². The van der Waals surface area contributed by atoms with Crippen LogP contribution in [0.2, 0.25) is 0 Å². The summed E-state index contributed by atoms with van der Waals surface area (Å²) >= 11 is 0. The number of rotatable bonds is 4. The molecule has 1 aliphatic heterocycles. The molecule has 0 unspecified atom stereocenters. The summed E-state index contributed by atoms with van der Waals surface area (Å²) in [6.45, 7) is 9.19. The third-order valence-corrected chi connectivity index (χ3v) is 6.14. The predicted octanol–water partition coefficient (Wildman–Crippen LogP) is 4.76. The fourth-order valence-corrected chi connectivity index (χ4v) is 4.45. The van der Waals surface area contributed by atoms with Gasteiger partial charge < -0.3 is 14.8 Å². The van der Waals surface area contributed by atoms with Crippen molar-refractivity contribution in [2.24, 2.45) is 0 Å². The van der Waals surface area contributed by atoms with Gasteiger partial charge in [0, 0.05) is 38.1 Å². The van der Waals surface area contributed by atoms with E-state index in [1.165, 1.54) is 0 Å². The molecule has 0 bridgehead atoms. The first-order valence-corrected chi connectivity index (χ1v) is 10.5. The zero-order valence-electron chi connectivity index (χ0n) is 17.7. The van der Waals surface area contributed by atoms with Crippen LogP contribution in [0.25, 0.3) is 27.0 Å². The van der Waals surface area contributed by atoms with Gasteiger partial charge in [0.15, 0.2) is 5.69 Å². The Labute approximate surface area is 186 Å². The van der Waals surface area contributed by atoms with E-state index in [9.17, 15) is 5.26 Å². The predicted molar refractivity (Wildman–Crippen MR) is 126 cm³/mol. The standard InChI is InChI=1S/C25H21N7/c1-27-19-6-7-23(22(13-19)18-5-3-4-17(12-18)14-26)31(2)20-9-11-32(15-20)25-21-8-10-28-24(21)29-16-30-25/h3-8,10,12-13,16,20H,9,11,15H2,2H3,(H,28,29,30)/t20-/m1/s1. The molecule has 0 radical (unpaired) electrons. The number of hydrogen-bond donors (Lipinski definition) is 1. The van der Waals surface area contributed by atoms with Gasteiger partial charge in [-0.1, -0.05) is 18.2 Å². The summed E-state index contributed by atoms with van der Waals surface area (Å²) in [5, 5.41) is 10.4. The van der Waals surface area contributed by atoms with E-state index in [2.05, 4.69) is 42.7 Å². The molecule has 7 heteroatoms. The highest BCUT2D eigenvalue weighted by molar-refractivity contribution is 5.87. The number of anilines is 2. The molecule has 2 aromatic heterocycles. The summed E-state index contributed by atoms with van der Waals surface area (Å²) in [6, 6.07) is 17.9. The van der Waals surface area contributed by atoms with Gasteiger partial charge in [0.1, 0.15) is 17.8 Å². The average Bonchev–Trinajstić information content (AvgIpc) is 3.53. The van der Waals surface area contributed by atoms with E-state index in [0.717, 1.165) is 53.2 Å². The van der Waals surface area contributed by atoms with Gasteiger partial charge in [0.25, 0.3) is 0 Å². The number of fused-ring (bicyclic) bond motifs is 1. The first-order chi connectivity index (χ1) is 15.7. The minimum absolute atomic E-state index is 0.288. The lowest BCUT2D eigenvalue weighted by molar-refractivity contribution is 0.693. The van der Waals surface area contributed by atoms with Crippen molar-refractivity contribution < 1.29 is 0 Å². The number of likely N-dealkylation sites (N-methyl/N-ethyl adjacent to an activating group) is 1. The zero-order chi connectivity index (χ0) is 22.1. The van der Waals surface area contributed by atoms with Crippen LogP contribution in [0.1, 0.15) is 12.0 Å². The zero-order valence-corrected chi connectivity index (χ0v) is 17.7. The largest absolute Gasteiger partial charge is 0.369 e. The molecule has 2 aromatic carbocycles. The maximum absolute atomic E-state index is 9.33. The molecular weight excluding hydrogens is 398 g/mol. The van der Waals surface area contributed by atoms with E-state index in [0.29, 0.717) is 11.3 Å². The Kier molecular flexibility index (Phi) is 4.93. The van der Waals surface area contributed by atoms with Gasteiger partial charge in [-0.2, -0.15) is 5.26 Å². The summed E-state index contributed by atoms with van der Waals surface area (Å²) in [7, 11) is 2.10.